The Balaban J connectivity index is 1.89. The smallest absolute Gasteiger partial charge is 0.208 e. The molecule has 8 heteroatoms. The van der Waals surface area contributed by atoms with Gasteiger partial charge in [0.2, 0.25) is 10.0 Å². The first-order chi connectivity index (χ1) is 9.85. The lowest BCUT2D eigenvalue weighted by atomic mass is 10.1. The van der Waals surface area contributed by atoms with Crippen molar-refractivity contribution in [1.82, 2.24) is 10.0 Å². The van der Waals surface area contributed by atoms with Crippen LogP contribution in [0.3, 0.4) is 0 Å². The maximum atomic E-state index is 10.9. The van der Waals surface area contributed by atoms with Crippen molar-refractivity contribution in [3.05, 3.63) is 33.3 Å². The molecule has 1 aliphatic rings. The Morgan fingerprint density at radius 1 is 1.29 bits per heavy atom. The van der Waals surface area contributed by atoms with Crippen molar-refractivity contribution in [3.8, 4) is 5.75 Å². The molecular formula is C13H16Cl2N2O3S. The van der Waals surface area contributed by atoms with Gasteiger partial charge in [0.25, 0.3) is 0 Å². The zero-order chi connectivity index (χ0) is 15.5. The van der Waals surface area contributed by atoms with Crippen molar-refractivity contribution in [1.29, 1.82) is 0 Å². The number of hydrogen-bond acceptors (Lipinski definition) is 4. The van der Waals surface area contributed by atoms with Gasteiger partial charge in [-0.2, -0.15) is 0 Å². The van der Waals surface area contributed by atoms with Crippen LogP contribution in [0.2, 0.25) is 10.0 Å². The highest BCUT2D eigenvalue weighted by Crippen LogP contribution is 2.36. The van der Waals surface area contributed by atoms with Crippen LogP contribution in [0.25, 0.3) is 6.08 Å². The first kappa shape index (κ1) is 16.6. The van der Waals surface area contributed by atoms with E-state index < -0.39 is 10.0 Å². The van der Waals surface area contributed by atoms with Crippen molar-refractivity contribution in [2.75, 3.05) is 32.5 Å². The largest absolute Gasteiger partial charge is 0.487 e. The fraction of sp³-hybridized carbons (Fsp3) is 0.385. The predicted octanol–water partition coefficient (Wildman–Crippen LogP) is 1.91. The van der Waals surface area contributed by atoms with Crippen LogP contribution in [-0.2, 0) is 10.0 Å². The minimum Gasteiger partial charge on any atom is -0.487 e. The lowest BCUT2D eigenvalue weighted by Crippen LogP contribution is -2.32. The van der Waals surface area contributed by atoms with Crippen molar-refractivity contribution in [3.63, 3.8) is 0 Å². The SMILES string of the molecule is CS(=O)(=O)NCCNCC1=Cc2cc(Cl)cc(Cl)c2OC1. The first-order valence-corrected chi connectivity index (χ1v) is 8.96. The summed E-state index contributed by atoms with van der Waals surface area (Å²) in [4.78, 5) is 0. The summed E-state index contributed by atoms with van der Waals surface area (Å²) in [5.41, 5.74) is 1.89. The number of rotatable bonds is 6. The molecule has 21 heavy (non-hydrogen) atoms. The molecule has 1 aliphatic heterocycles. The predicted molar refractivity (Wildman–Crippen MR) is 85.7 cm³/mol. The van der Waals surface area contributed by atoms with Gasteiger partial charge in [-0.1, -0.05) is 23.2 Å². The van der Waals surface area contributed by atoms with Gasteiger partial charge in [-0.05, 0) is 23.8 Å². The molecule has 0 fully saturated rings. The third-order valence-corrected chi connectivity index (χ3v) is 4.04. The van der Waals surface area contributed by atoms with Gasteiger partial charge in [0.05, 0.1) is 11.3 Å². The minimum absolute atomic E-state index is 0.348. The molecule has 116 valence electrons. The van der Waals surface area contributed by atoms with E-state index in [0.717, 1.165) is 17.4 Å². The van der Waals surface area contributed by atoms with Crippen molar-refractivity contribution in [2.45, 2.75) is 0 Å². The monoisotopic (exact) mass is 350 g/mol. The Bertz CT molecular complexity index is 660. The summed E-state index contributed by atoms with van der Waals surface area (Å²) < 4.78 is 29.8. The standard InChI is InChI=1S/C13H16Cl2N2O3S/c1-21(18,19)17-3-2-16-7-9-4-10-5-11(14)6-12(15)13(10)20-8-9/h4-6,16-17H,2-3,7-8H2,1H3. The second-order valence-corrected chi connectivity index (χ2v) is 7.42. The molecular weight excluding hydrogens is 335 g/mol. The molecule has 5 nitrogen and oxygen atoms in total. The summed E-state index contributed by atoms with van der Waals surface area (Å²) in [5.74, 6) is 0.642. The summed E-state index contributed by atoms with van der Waals surface area (Å²) in [6, 6.07) is 3.45. The van der Waals surface area contributed by atoms with E-state index in [9.17, 15) is 8.42 Å². The van der Waals surface area contributed by atoms with Crippen molar-refractivity contribution in [2.24, 2.45) is 0 Å². The summed E-state index contributed by atoms with van der Waals surface area (Å²) in [5, 5.41) is 4.21. The number of ether oxygens (including phenoxy) is 1. The third kappa shape index (κ3) is 5.16. The van der Waals surface area contributed by atoms with Gasteiger partial charge in [-0.15, -0.1) is 0 Å². The highest BCUT2D eigenvalue weighted by molar-refractivity contribution is 7.88. The van der Waals surface area contributed by atoms with Crippen LogP contribution in [0.4, 0.5) is 0 Å². The molecule has 2 N–H and O–H groups in total. The highest BCUT2D eigenvalue weighted by Gasteiger charge is 2.15. The summed E-state index contributed by atoms with van der Waals surface area (Å²) >= 11 is 12.0. The van der Waals surface area contributed by atoms with Crippen LogP contribution in [-0.4, -0.2) is 40.9 Å². The summed E-state index contributed by atoms with van der Waals surface area (Å²) in [6.07, 6.45) is 3.11. The zero-order valence-electron chi connectivity index (χ0n) is 11.4. The van der Waals surface area contributed by atoms with E-state index in [2.05, 4.69) is 10.0 Å². The molecule has 0 saturated heterocycles. The number of halogens is 2. The Kier molecular flexibility index (Phi) is 5.51. The molecule has 0 atom stereocenters. The molecule has 0 aliphatic carbocycles. The van der Waals surface area contributed by atoms with E-state index in [0.29, 0.717) is 42.0 Å². The number of benzene rings is 1. The molecule has 0 aromatic heterocycles. The Hall–Kier alpha value is -0.790. The Morgan fingerprint density at radius 2 is 2.05 bits per heavy atom. The highest BCUT2D eigenvalue weighted by atomic mass is 35.5. The number of sulfonamides is 1. The lowest BCUT2D eigenvalue weighted by molar-refractivity contribution is 0.343. The normalized spacial score (nSPS) is 14.3. The molecule has 0 saturated carbocycles. The average Bonchev–Trinajstić information content (AvgIpc) is 2.36. The Morgan fingerprint density at radius 3 is 2.76 bits per heavy atom. The van der Waals surface area contributed by atoms with E-state index in [-0.39, 0.29) is 0 Å². The molecule has 1 aromatic rings. The Labute approximate surface area is 134 Å². The molecule has 0 spiro atoms. The second kappa shape index (κ2) is 6.98. The molecule has 1 heterocycles. The molecule has 0 radical (unpaired) electrons. The summed E-state index contributed by atoms with van der Waals surface area (Å²) in [7, 11) is -3.14. The van der Waals surface area contributed by atoms with Crippen LogP contribution in [0.15, 0.2) is 17.7 Å². The van der Waals surface area contributed by atoms with Crippen LogP contribution < -0.4 is 14.8 Å². The number of hydrogen-bond donors (Lipinski definition) is 2. The second-order valence-electron chi connectivity index (χ2n) is 4.74. The van der Waals surface area contributed by atoms with Crippen molar-refractivity contribution >= 4 is 39.3 Å². The van der Waals surface area contributed by atoms with Crippen LogP contribution in [0, 0.1) is 0 Å². The van der Waals surface area contributed by atoms with E-state index in [1.54, 1.807) is 12.1 Å². The molecule has 1 aromatic carbocycles. The van der Waals surface area contributed by atoms with Gasteiger partial charge in [-0.25, -0.2) is 13.1 Å². The summed E-state index contributed by atoms with van der Waals surface area (Å²) in [6.45, 7) is 1.94. The fourth-order valence-corrected chi connectivity index (χ4v) is 2.98. The third-order valence-electron chi connectivity index (χ3n) is 2.82. The van der Waals surface area contributed by atoms with E-state index in [1.807, 2.05) is 6.08 Å². The van der Waals surface area contributed by atoms with Gasteiger partial charge >= 0.3 is 0 Å². The van der Waals surface area contributed by atoms with Gasteiger partial charge in [-0.3, -0.25) is 0 Å². The van der Waals surface area contributed by atoms with Gasteiger partial charge in [0.15, 0.2) is 0 Å². The van der Waals surface area contributed by atoms with Crippen LogP contribution >= 0.6 is 23.2 Å². The van der Waals surface area contributed by atoms with Gasteiger partial charge in [0.1, 0.15) is 12.4 Å². The maximum Gasteiger partial charge on any atom is 0.208 e. The van der Waals surface area contributed by atoms with E-state index in [1.165, 1.54) is 0 Å². The average molecular weight is 351 g/mol. The number of nitrogens with one attached hydrogen (secondary N) is 2. The van der Waals surface area contributed by atoms with Gasteiger partial charge < -0.3 is 10.1 Å². The molecule has 0 unspecified atom stereocenters. The first-order valence-electron chi connectivity index (χ1n) is 6.32. The fourth-order valence-electron chi connectivity index (χ4n) is 1.94. The topological polar surface area (TPSA) is 67.4 Å². The quantitative estimate of drug-likeness (QED) is 0.769. The van der Waals surface area contributed by atoms with E-state index in [4.69, 9.17) is 27.9 Å². The molecule has 0 amide bonds. The van der Waals surface area contributed by atoms with Crippen molar-refractivity contribution < 1.29 is 13.2 Å². The molecule has 2 rings (SSSR count). The van der Waals surface area contributed by atoms with Gasteiger partial charge in [0, 0.05) is 30.2 Å². The van der Waals surface area contributed by atoms with E-state index >= 15 is 0 Å². The maximum absolute atomic E-state index is 10.9. The van der Waals surface area contributed by atoms with Crippen LogP contribution in [0.5, 0.6) is 5.75 Å². The lowest BCUT2D eigenvalue weighted by Gasteiger charge is -2.19. The zero-order valence-corrected chi connectivity index (χ0v) is 13.8. The van der Waals surface area contributed by atoms with Crippen LogP contribution in [0.1, 0.15) is 5.56 Å². The molecule has 0 bridgehead atoms. The minimum atomic E-state index is -3.14. The number of fused-ring (bicyclic) bond motifs is 1.